The fourth-order valence-electron chi connectivity index (χ4n) is 3.19. The van der Waals surface area contributed by atoms with E-state index in [1.807, 2.05) is 41.3 Å². The van der Waals surface area contributed by atoms with Crippen LogP contribution in [0.25, 0.3) is 6.08 Å². The largest absolute Gasteiger partial charge is 0.488 e. The van der Waals surface area contributed by atoms with E-state index in [9.17, 15) is 4.79 Å². The van der Waals surface area contributed by atoms with E-state index in [1.54, 1.807) is 6.07 Å². The van der Waals surface area contributed by atoms with Crippen LogP contribution < -0.4 is 9.64 Å². The zero-order valence-corrected chi connectivity index (χ0v) is 13.3. The van der Waals surface area contributed by atoms with Crippen molar-refractivity contribution in [2.75, 3.05) is 18.1 Å². The van der Waals surface area contributed by atoms with Crippen molar-refractivity contribution in [2.45, 2.75) is 12.8 Å². The van der Waals surface area contributed by atoms with Crippen molar-refractivity contribution in [1.29, 1.82) is 0 Å². The molecule has 4 rings (SSSR count). The van der Waals surface area contributed by atoms with Crippen molar-refractivity contribution in [3.8, 4) is 5.75 Å². The summed E-state index contributed by atoms with van der Waals surface area (Å²) in [4.78, 5) is 14.8. The van der Waals surface area contributed by atoms with Crippen LogP contribution in [0, 0.1) is 0 Å². The average Bonchev–Trinajstić information content (AvgIpc) is 2.60. The highest BCUT2D eigenvalue weighted by atomic mass is 35.5. The van der Waals surface area contributed by atoms with Crippen LogP contribution in [0.4, 0.5) is 5.69 Å². The fraction of sp³-hybridized carbons (Fsp3) is 0.211. The minimum Gasteiger partial charge on any atom is -0.488 e. The molecule has 23 heavy (non-hydrogen) atoms. The molecule has 0 spiro atoms. The number of hydrogen-bond acceptors (Lipinski definition) is 2. The van der Waals surface area contributed by atoms with Crippen LogP contribution in [0.5, 0.6) is 5.75 Å². The van der Waals surface area contributed by atoms with Gasteiger partial charge in [0.1, 0.15) is 12.4 Å². The predicted molar refractivity (Wildman–Crippen MR) is 92.0 cm³/mol. The Morgan fingerprint density at radius 3 is 2.96 bits per heavy atom. The lowest BCUT2D eigenvalue weighted by Gasteiger charge is -2.31. The zero-order chi connectivity index (χ0) is 15.8. The molecule has 0 aliphatic carbocycles. The lowest BCUT2D eigenvalue weighted by atomic mass is 10.00. The highest BCUT2D eigenvalue weighted by Gasteiger charge is 2.26. The van der Waals surface area contributed by atoms with Gasteiger partial charge in [-0.2, -0.15) is 0 Å². The molecular formula is C19H16ClNO2. The van der Waals surface area contributed by atoms with Gasteiger partial charge in [0.25, 0.3) is 5.91 Å². The number of rotatable bonds is 1. The molecule has 2 heterocycles. The number of benzene rings is 2. The molecule has 2 aliphatic heterocycles. The summed E-state index contributed by atoms with van der Waals surface area (Å²) in [6.07, 6.45) is 3.90. The van der Waals surface area contributed by atoms with Crippen LogP contribution in [0.15, 0.2) is 48.0 Å². The Bertz CT molecular complexity index is 813. The molecule has 0 saturated heterocycles. The number of carbonyl (C=O) groups is 1. The molecule has 0 aromatic heterocycles. The molecule has 3 nitrogen and oxygen atoms in total. The SMILES string of the molecule is O=C(C1=Cc2cc(Cl)ccc2OC1)N1CCCc2ccccc21. The molecule has 0 atom stereocenters. The smallest absolute Gasteiger partial charge is 0.257 e. The minimum absolute atomic E-state index is 0.0165. The first kappa shape index (κ1) is 14.3. The van der Waals surface area contributed by atoms with Gasteiger partial charge in [0.15, 0.2) is 0 Å². The Morgan fingerprint density at radius 2 is 2.04 bits per heavy atom. The molecule has 0 radical (unpaired) electrons. The van der Waals surface area contributed by atoms with Crippen molar-refractivity contribution in [2.24, 2.45) is 0 Å². The molecular weight excluding hydrogens is 310 g/mol. The number of anilines is 1. The standard InChI is InChI=1S/C19H16ClNO2/c20-16-7-8-18-14(11-16)10-15(12-23-18)19(22)21-9-3-5-13-4-1-2-6-17(13)21/h1-2,4,6-8,10-11H,3,5,9,12H2. The maximum Gasteiger partial charge on any atom is 0.257 e. The van der Waals surface area contributed by atoms with Crippen LogP contribution in [-0.4, -0.2) is 19.1 Å². The first-order chi connectivity index (χ1) is 11.2. The molecule has 0 N–H and O–H groups in total. The third kappa shape index (κ3) is 2.62. The summed E-state index contributed by atoms with van der Waals surface area (Å²) in [5, 5.41) is 0.639. The maximum atomic E-state index is 13.0. The van der Waals surface area contributed by atoms with E-state index in [2.05, 4.69) is 6.07 Å². The number of fused-ring (bicyclic) bond motifs is 2. The second-order valence-corrected chi connectivity index (χ2v) is 6.27. The molecule has 0 fully saturated rings. The number of amides is 1. The number of ether oxygens (including phenoxy) is 1. The Morgan fingerprint density at radius 1 is 1.17 bits per heavy atom. The highest BCUT2D eigenvalue weighted by Crippen LogP contribution is 2.32. The molecule has 2 aromatic rings. The van der Waals surface area contributed by atoms with Gasteiger partial charge in [-0.25, -0.2) is 0 Å². The lowest BCUT2D eigenvalue weighted by Crippen LogP contribution is -2.38. The van der Waals surface area contributed by atoms with Gasteiger partial charge in [0, 0.05) is 22.8 Å². The molecule has 0 unspecified atom stereocenters. The molecule has 0 bridgehead atoms. The summed E-state index contributed by atoms with van der Waals surface area (Å²) in [6, 6.07) is 13.6. The van der Waals surface area contributed by atoms with E-state index in [1.165, 1.54) is 5.56 Å². The van der Waals surface area contributed by atoms with Gasteiger partial charge >= 0.3 is 0 Å². The predicted octanol–water partition coefficient (Wildman–Crippen LogP) is 4.10. The van der Waals surface area contributed by atoms with Crippen molar-refractivity contribution >= 4 is 29.3 Å². The third-order valence-corrected chi connectivity index (χ3v) is 4.55. The monoisotopic (exact) mass is 325 g/mol. The average molecular weight is 326 g/mol. The summed E-state index contributed by atoms with van der Waals surface area (Å²) in [5.74, 6) is 0.785. The maximum absolute atomic E-state index is 13.0. The van der Waals surface area contributed by atoms with E-state index in [0.29, 0.717) is 17.2 Å². The zero-order valence-electron chi connectivity index (χ0n) is 12.6. The van der Waals surface area contributed by atoms with Gasteiger partial charge in [-0.05, 0) is 48.7 Å². The Hall–Kier alpha value is -2.26. The number of hydrogen-bond donors (Lipinski definition) is 0. The van der Waals surface area contributed by atoms with Gasteiger partial charge in [-0.3, -0.25) is 4.79 Å². The normalized spacial score (nSPS) is 16.0. The van der Waals surface area contributed by atoms with Crippen LogP contribution in [0.2, 0.25) is 5.02 Å². The van der Waals surface area contributed by atoms with E-state index in [0.717, 1.165) is 36.4 Å². The summed E-state index contributed by atoms with van der Waals surface area (Å²) >= 11 is 6.04. The van der Waals surface area contributed by atoms with E-state index < -0.39 is 0 Å². The van der Waals surface area contributed by atoms with Crippen LogP contribution in [-0.2, 0) is 11.2 Å². The molecule has 2 aromatic carbocycles. The second kappa shape index (κ2) is 5.74. The Balaban J connectivity index is 1.68. The second-order valence-electron chi connectivity index (χ2n) is 5.83. The third-order valence-electron chi connectivity index (χ3n) is 4.31. The van der Waals surface area contributed by atoms with Gasteiger partial charge in [0.2, 0.25) is 0 Å². The first-order valence-electron chi connectivity index (χ1n) is 7.75. The molecule has 2 aliphatic rings. The quantitative estimate of drug-likeness (QED) is 0.790. The van der Waals surface area contributed by atoms with Crippen LogP contribution in [0.3, 0.4) is 0 Å². The van der Waals surface area contributed by atoms with Crippen LogP contribution >= 0.6 is 11.6 Å². The number of aryl methyl sites for hydroxylation is 1. The molecule has 4 heteroatoms. The van der Waals surface area contributed by atoms with E-state index in [4.69, 9.17) is 16.3 Å². The number of nitrogens with zero attached hydrogens (tertiary/aromatic N) is 1. The van der Waals surface area contributed by atoms with Gasteiger partial charge in [-0.1, -0.05) is 29.8 Å². The number of para-hydroxylation sites is 1. The molecule has 0 saturated carbocycles. The van der Waals surface area contributed by atoms with Crippen molar-refractivity contribution < 1.29 is 9.53 Å². The Labute approximate surface area is 140 Å². The number of carbonyl (C=O) groups excluding carboxylic acids is 1. The first-order valence-corrected chi connectivity index (χ1v) is 8.13. The van der Waals surface area contributed by atoms with Crippen molar-refractivity contribution in [3.05, 3.63) is 64.2 Å². The van der Waals surface area contributed by atoms with E-state index in [-0.39, 0.29) is 5.91 Å². The van der Waals surface area contributed by atoms with Gasteiger partial charge in [-0.15, -0.1) is 0 Å². The lowest BCUT2D eigenvalue weighted by molar-refractivity contribution is -0.115. The van der Waals surface area contributed by atoms with Gasteiger partial charge in [0.05, 0.1) is 5.57 Å². The summed E-state index contributed by atoms with van der Waals surface area (Å²) in [5.41, 5.74) is 3.77. The van der Waals surface area contributed by atoms with Crippen molar-refractivity contribution in [3.63, 3.8) is 0 Å². The highest BCUT2D eigenvalue weighted by molar-refractivity contribution is 6.30. The topological polar surface area (TPSA) is 29.5 Å². The van der Waals surface area contributed by atoms with Crippen molar-refractivity contribution in [1.82, 2.24) is 0 Å². The summed E-state index contributed by atoms with van der Waals surface area (Å²) in [7, 11) is 0. The summed E-state index contributed by atoms with van der Waals surface area (Å²) < 4.78 is 5.72. The van der Waals surface area contributed by atoms with Crippen LogP contribution in [0.1, 0.15) is 17.5 Å². The fourth-order valence-corrected chi connectivity index (χ4v) is 3.37. The van der Waals surface area contributed by atoms with E-state index >= 15 is 0 Å². The van der Waals surface area contributed by atoms with Gasteiger partial charge < -0.3 is 9.64 Å². The summed E-state index contributed by atoms with van der Waals surface area (Å²) in [6.45, 7) is 1.04. The molecule has 116 valence electrons. The number of halogens is 1. The minimum atomic E-state index is 0.0165. The Kier molecular flexibility index (Phi) is 3.58. The molecule has 1 amide bonds.